The lowest BCUT2D eigenvalue weighted by atomic mass is 10.0. The van der Waals surface area contributed by atoms with Gasteiger partial charge in [0.05, 0.1) is 5.69 Å². The smallest absolute Gasteiger partial charge is 0.303 e. The minimum atomic E-state index is -0.924. The van der Waals surface area contributed by atoms with E-state index in [-0.39, 0.29) is 12.8 Å². The van der Waals surface area contributed by atoms with Crippen molar-refractivity contribution in [3.05, 3.63) is 53.2 Å². The zero-order valence-electron chi connectivity index (χ0n) is 12.6. The molecule has 1 aromatic heterocycles. The Kier molecular flexibility index (Phi) is 5.72. The molecule has 0 atom stereocenters. The largest absolute Gasteiger partial charge is 0.481 e. The molecule has 3 N–H and O–H groups in total. The van der Waals surface area contributed by atoms with E-state index in [1.54, 1.807) is 0 Å². The Hall–Kier alpha value is -2.38. The number of benzene rings is 1. The van der Waals surface area contributed by atoms with E-state index in [9.17, 15) is 9.18 Å². The van der Waals surface area contributed by atoms with Crippen LogP contribution in [0.1, 0.15) is 23.3 Å². The SMILES string of the molecule is C=C(CCC(=O)O)c1cc(F)ccc1NNOc1ccc(C)s1. The Morgan fingerprint density at radius 1 is 1.35 bits per heavy atom. The van der Waals surface area contributed by atoms with Gasteiger partial charge in [0, 0.05) is 16.9 Å². The van der Waals surface area contributed by atoms with Gasteiger partial charge < -0.3 is 9.94 Å². The predicted molar refractivity (Wildman–Crippen MR) is 88.7 cm³/mol. The fourth-order valence-electron chi connectivity index (χ4n) is 1.91. The van der Waals surface area contributed by atoms with Gasteiger partial charge in [-0.15, -0.1) is 11.3 Å². The lowest BCUT2D eigenvalue weighted by molar-refractivity contribution is -0.136. The zero-order chi connectivity index (χ0) is 16.8. The molecule has 0 aliphatic heterocycles. The van der Waals surface area contributed by atoms with Crippen LogP contribution in [0.4, 0.5) is 10.1 Å². The van der Waals surface area contributed by atoms with Crippen LogP contribution < -0.4 is 15.9 Å². The number of hydrogen-bond donors (Lipinski definition) is 3. The van der Waals surface area contributed by atoms with E-state index < -0.39 is 11.8 Å². The van der Waals surface area contributed by atoms with Crippen LogP contribution in [0.3, 0.4) is 0 Å². The van der Waals surface area contributed by atoms with Gasteiger partial charge in [0.25, 0.3) is 0 Å². The van der Waals surface area contributed by atoms with Gasteiger partial charge in [-0.2, -0.15) is 0 Å². The first-order valence-corrected chi connectivity index (χ1v) is 7.71. The number of anilines is 1. The first kappa shape index (κ1) is 17.0. The van der Waals surface area contributed by atoms with E-state index in [0.717, 1.165) is 4.88 Å². The van der Waals surface area contributed by atoms with Gasteiger partial charge in [0.2, 0.25) is 5.06 Å². The maximum absolute atomic E-state index is 13.5. The van der Waals surface area contributed by atoms with Crippen LogP contribution >= 0.6 is 11.3 Å². The molecule has 0 unspecified atom stereocenters. The Morgan fingerprint density at radius 3 is 2.78 bits per heavy atom. The number of allylic oxidation sites excluding steroid dienone is 1. The van der Waals surface area contributed by atoms with E-state index in [0.29, 0.717) is 21.9 Å². The van der Waals surface area contributed by atoms with Crippen molar-refractivity contribution in [2.24, 2.45) is 0 Å². The Bertz CT molecular complexity index is 715. The fraction of sp³-hybridized carbons (Fsp3) is 0.188. The van der Waals surface area contributed by atoms with Crippen molar-refractivity contribution in [2.75, 3.05) is 5.43 Å². The summed E-state index contributed by atoms with van der Waals surface area (Å²) in [5.74, 6) is -1.34. The Labute approximate surface area is 137 Å². The van der Waals surface area contributed by atoms with E-state index in [1.807, 2.05) is 19.1 Å². The molecule has 0 saturated heterocycles. The molecular weight excluding hydrogens is 319 g/mol. The van der Waals surface area contributed by atoms with Crippen molar-refractivity contribution < 1.29 is 19.1 Å². The number of hydrogen-bond acceptors (Lipinski definition) is 5. The zero-order valence-corrected chi connectivity index (χ0v) is 13.4. The third-order valence-corrected chi connectivity index (χ3v) is 3.93. The van der Waals surface area contributed by atoms with Crippen molar-refractivity contribution in [3.8, 4) is 5.06 Å². The molecule has 23 heavy (non-hydrogen) atoms. The topological polar surface area (TPSA) is 70.6 Å². The van der Waals surface area contributed by atoms with Gasteiger partial charge in [-0.1, -0.05) is 12.2 Å². The average Bonchev–Trinajstić information content (AvgIpc) is 2.91. The summed E-state index contributed by atoms with van der Waals surface area (Å²) < 4.78 is 13.5. The number of hydrazine groups is 1. The summed E-state index contributed by atoms with van der Waals surface area (Å²) in [6.45, 7) is 5.80. The molecule has 122 valence electrons. The molecule has 0 aliphatic rings. The van der Waals surface area contributed by atoms with Crippen LogP contribution in [0.15, 0.2) is 36.9 Å². The van der Waals surface area contributed by atoms with Crippen molar-refractivity contribution in [1.29, 1.82) is 0 Å². The molecule has 2 aromatic rings. The minimum Gasteiger partial charge on any atom is -0.481 e. The molecular formula is C16H17FN2O3S. The molecule has 0 bridgehead atoms. The summed E-state index contributed by atoms with van der Waals surface area (Å²) in [6.07, 6.45) is 0.172. The number of rotatable bonds is 8. The van der Waals surface area contributed by atoms with Crippen LogP contribution in [0.2, 0.25) is 0 Å². The van der Waals surface area contributed by atoms with E-state index in [1.165, 1.54) is 29.5 Å². The second-order valence-corrected chi connectivity index (χ2v) is 6.13. The second kappa shape index (κ2) is 7.75. The number of carboxylic acid groups (broad SMARTS) is 1. The second-order valence-electron chi connectivity index (χ2n) is 4.88. The highest BCUT2D eigenvalue weighted by Gasteiger charge is 2.10. The first-order chi connectivity index (χ1) is 11.0. The number of thiophene rings is 1. The highest BCUT2D eigenvalue weighted by molar-refractivity contribution is 7.13. The number of aryl methyl sites for hydroxylation is 1. The molecule has 0 amide bonds. The summed E-state index contributed by atoms with van der Waals surface area (Å²) in [5, 5.41) is 9.42. The standard InChI is InChI=1S/C16H17FN2O3S/c1-10(3-7-15(20)21)13-9-12(17)5-6-14(13)18-19-22-16-8-4-11(2)23-16/h4-6,8-9,18-19H,1,3,7H2,2H3,(H,20,21). The molecule has 5 nitrogen and oxygen atoms in total. The average molecular weight is 336 g/mol. The summed E-state index contributed by atoms with van der Waals surface area (Å²) >= 11 is 1.48. The number of halogens is 1. The molecule has 0 fully saturated rings. The van der Waals surface area contributed by atoms with E-state index in [4.69, 9.17) is 9.94 Å². The Morgan fingerprint density at radius 2 is 2.13 bits per heavy atom. The lowest BCUT2D eigenvalue weighted by Crippen LogP contribution is -2.25. The lowest BCUT2D eigenvalue weighted by Gasteiger charge is -2.14. The van der Waals surface area contributed by atoms with Gasteiger partial charge in [0.15, 0.2) is 0 Å². The number of aliphatic carboxylic acids is 1. The summed E-state index contributed by atoms with van der Waals surface area (Å²) in [7, 11) is 0. The van der Waals surface area contributed by atoms with Crippen molar-refractivity contribution in [3.63, 3.8) is 0 Å². The molecule has 0 spiro atoms. The van der Waals surface area contributed by atoms with Crippen LogP contribution in [0.5, 0.6) is 5.06 Å². The van der Waals surface area contributed by atoms with Crippen molar-refractivity contribution >= 4 is 28.6 Å². The van der Waals surface area contributed by atoms with E-state index >= 15 is 0 Å². The third-order valence-electron chi connectivity index (χ3n) is 3.06. The van der Waals surface area contributed by atoms with Crippen LogP contribution in [0, 0.1) is 12.7 Å². The van der Waals surface area contributed by atoms with Gasteiger partial charge in [-0.05, 0) is 49.2 Å². The monoisotopic (exact) mass is 336 g/mol. The highest BCUT2D eigenvalue weighted by Crippen LogP contribution is 2.27. The normalized spacial score (nSPS) is 10.3. The summed E-state index contributed by atoms with van der Waals surface area (Å²) in [4.78, 5) is 17.1. The molecule has 0 saturated carbocycles. The Balaban J connectivity index is 2.02. The number of carboxylic acids is 1. The van der Waals surface area contributed by atoms with Crippen LogP contribution in [-0.2, 0) is 4.79 Å². The molecule has 0 radical (unpaired) electrons. The van der Waals surface area contributed by atoms with Crippen molar-refractivity contribution in [2.45, 2.75) is 19.8 Å². The van der Waals surface area contributed by atoms with Crippen LogP contribution in [-0.4, -0.2) is 11.1 Å². The van der Waals surface area contributed by atoms with Gasteiger partial charge in [-0.25, -0.2) is 4.39 Å². The maximum Gasteiger partial charge on any atom is 0.303 e. The first-order valence-electron chi connectivity index (χ1n) is 6.89. The molecule has 2 rings (SSSR count). The number of carbonyl (C=O) groups is 1. The quantitative estimate of drug-likeness (QED) is 0.636. The van der Waals surface area contributed by atoms with Crippen molar-refractivity contribution in [1.82, 2.24) is 5.59 Å². The fourth-order valence-corrected chi connectivity index (χ4v) is 2.58. The minimum absolute atomic E-state index is 0.0623. The predicted octanol–water partition coefficient (Wildman–Crippen LogP) is 3.98. The molecule has 7 heteroatoms. The maximum atomic E-state index is 13.5. The van der Waals surface area contributed by atoms with Crippen LogP contribution in [0.25, 0.3) is 5.57 Å². The number of nitrogens with one attached hydrogen (secondary N) is 2. The van der Waals surface area contributed by atoms with Gasteiger partial charge >= 0.3 is 5.97 Å². The highest BCUT2D eigenvalue weighted by atomic mass is 32.1. The van der Waals surface area contributed by atoms with E-state index in [2.05, 4.69) is 17.6 Å². The molecule has 1 heterocycles. The van der Waals surface area contributed by atoms with Gasteiger partial charge in [0.1, 0.15) is 5.82 Å². The third kappa shape index (κ3) is 5.08. The van der Waals surface area contributed by atoms with Gasteiger partial charge in [-0.3, -0.25) is 10.2 Å². The summed E-state index contributed by atoms with van der Waals surface area (Å²) in [5.41, 5.74) is 7.00. The molecule has 0 aliphatic carbocycles. The molecule has 1 aromatic carbocycles. The summed E-state index contributed by atoms with van der Waals surface area (Å²) in [6, 6.07) is 7.90.